The van der Waals surface area contributed by atoms with Crippen LogP contribution in [0.25, 0.3) is 0 Å². The second kappa shape index (κ2) is 5.93. The minimum atomic E-state index is 0.195. The number of hydrogen-bond acceptors (Lipinski definition) is 5. The lowest BCUT2D eigenvalue weighted by Crippen LogP contribution is -2.15. The monoisotopic (exact) mass is 292 g/mol. The Morgan fingerprint density at radius 2 is 2.50 bits per heavy atom. The van der Waals surface area contributed by atoms with Crippen LogP contribution in [0.5, 0.6) is 0 Å². The summed E-state index contributed by atoms with van der Waals surface area (Å²) in [5.41, 5.74) is 2.11. The summed E-state index contributed by atoms with van der Waals surface area (Å²) in [5.74, 6) is 0. The Balaban J connectivity index is 1.59. The van der Waals surface area contributed by atoms with Crippen molar-refractivity contribution < 1.29 is 4.74 Å². The second-order valence-electron chi connectivity index (χ2n) is 5.24. The van der Waals surface area contributed by atoms with Crippen LogP contribution in [0, 0.1) is 6.92 Å². The molecular weight excluding hydrogens is 272 g/mol. The van der Waals surface area contributed by atoms with Crippen LogP contribution in [0.1, 0.15) is 36.5 Å². The predicted octanol–water partition coefficient (Wildman–Crippen LogP) is 3.00. The molecular formula is C14H20N4OS. The highest BCUT2D eigenvalue weighted by molar-refractivity contribution is 7.09. The average molecular weight is 292 g/mol. The normalized spacial score (nSPS) is 20.2. The molecule has 20 heavy (non-hydrogen) atoms. The summed E-state index contributed by atoms with van der Waals surface area (Å²) in [7, 11) is 0. The topological polar surface area (TPSA) is 52.0 Å². The van der Waals surface area contributed by atoms with Crippen molar-refractivity contribution in [2.75, 3.05) is 11.9 Å². The zero-order valence-corrected chi connectivity index (χ0v) is 12.7. The molecule has 1 aliphatic rings. The Labute approximate surface area is 123 Å². The van der Waals surface area contributed by atoms with Crippen molar-refractivity contribution in [3.05, 3.63) is 28.5 Å². The molecule has 108 valence electrons. The van der Waals surface area contributed by atoms with Crippen LogP contribution in [0.3, 0.4) is 0 Å². The van der Waals surface area contributed by atoms with Crippen molar-refractivity contribution in [2.24, 2.45) is 0 Å². The maximum atomic E-state index is 5.63. The molecule has 5 nitrogen and oxygen atoms in total. The molecule has 3 rings (SSSR count). The van der Waals surface area contributed by atoms with Crippen LogP contribution < -0.4 is 5.32 Å². The van der Waals surface area contributed by atoms with Gasteiger partial charge in [-0.1, -0.05) is 0 Å². The summed E-state index contributed by atoms with van der Waals surface area (Å²) in [6.45, 7) is 5.87. The van der Waals surface area contributed by atoms with Crippen molar-refractivity contribution in [3.8, 4) is 0 Å². The van der Waals surface area contributed by atoms with Gasteiger partial charge in [0, 0.05) is 18.2 Å². The number of aryl methyl sites for hydroxylation is 1. The van der Waals surface area contributed by atoms with E-state index in [-0.39, 0.29) is 6.04 Å². The fourth-order valence-electron chi connectivity index (χ4n) is 2.44. The number of anilines is 1. The van der Waals surface area contributed by atoms with E-state index in [2.05, 4.69) is 27.7 Å². The van der Waals surface area contributed by atoms with Crippen molar-refractivity contribution in [1.82, 2.24) is 14.8 Å². The van der Waals surface area contributed by atoms with Crippen molar-refractivity contribution in [2.45, 2.75) is 45.4 Å². The van der Waals surface area contributed by atoms with E-state index in [9.17, 15) is 0 Å². The molecule has 0 aromatic carbocycles. The van der Waals surface area contributed by atoms with Gasteiger partial charge in [-0.05, 0) is 26.7 Å². The van der Waals surface area contributed by atoms with E-state index in [1.165, 1.54) is 0 Å². The molecule has 0 radical (unpaired) electrons. The van der Waals surface area contributed by atoms with Crippen molar-refractivity contribution in [3.63, 3.8) is 0 Å². The lowest BCUT2D eigenvalue weighted by atomic mass is 10.2. The number of rotatable bonds is 5. The van der Waals surface area contributed by atoms with E-state index >= 15 is 0 Å². The Bertz CT molecular complexity index is 559. The van der Waals surface area contributed by atoms with E-state index in [0.29, 0.717) is 6.10 Å². The summed E-state index contributed by atoms with van der Waals surface area (Å²) in [6.07, 6.45) is 6.53. The first-order valence-electron chi connectivity index (χ1n) is 7.03. The Morgan fingerprint density at radius 1 is 1.60 bits per heavy atom. The molecule has 2 aromatic heterocycles. The maximum absolute atomic E-state index is 5.63. The lowest BCUT2D eigenvalue weighted by molar-refractivity contribution is 0.0940. The molecule has 1 aliphatic heterocycles. The molecule has 0 saturated carbocycles. The zero-order chi connectivity index (χ0) is 13.9. The van der Waals surface area contributed by atoms with Crippen LogP contribution in [-0.2, 0) is 11.3 Å². The number of nitrogens with one attached hydrogen (secondary N) is 1. The summed E-state index contributed by atoms with van der Waals surface area (Å²) in [4.78, 5) is 4.51. The number of thiazole rings is 1. The van der Waals surface area contributed by atoms with Gasteiger partial charge >= 0.3 is 0 Å². The molecule has 1 N–H and O–H groups in total. The minimum absolute atomic E-state index is 0.195. The van der Waals surface area contributed by atoms with E-state index in [1.54, 1.807) is 11.3 Å². The van der Waals surface area contributed by atoms with Gasteiger partial charge in [0.25, 0.3) is 0 Å². The van der Waals surface area contributed by atoms with Gasteiger partial charge in [0.15, 0.2) is 0 Å². The van der Waals surface area contributed by atoms with Crippen LogP contribution in [-0.4, -0.2) is 27.5 Å². The fraction of sp³-hybridized carbons (Fsp3) is 0.571. The maximum Gasteiger partial charge on any atom is 0.0898 e. The quantitative estimate of drug-likeness (QED) is 0.920. The van der Waals surface area contributed by atoms with Gasteiger partial charge in [-0.15, -0.1) is 11.3 Å². The first kappa shape index (κ1) is 13.6. The summed E-state index contributed by atoms with van der Waals surface area (Å²) in [6, 6.07) is 0.195. The Morgan fingerprint density at radius 3 is 3.20 bits per heavy atom. The summed E-state index contributed by atoms with van der Waals surface area (Å²) in [5, 5.41) is 11.0. The van der Waals surface area contributed by atoms with Gasteiger partial charge in [0.05, 0.1) is 41.3 Å². The molecule has 2 atom stereocenters. The van der Waals surface area contributed by atoms with Gasteiger partial charge in [0.1, 0.15) is 0 Å². The second-order valence-corrected chi connectivity index (χ2v) is 6.31. The Kier molecular flexibility index (Phi) is 4.03. The number of hydrogen-bond donors (Lipinski definition) is 1. The lowest BCUT2D eigenvalue weighted by Gasteiger charge is -2.11. The molecule has 1 saturated heterocycles. The SMILES string of the molecule is Cc1nc(C(C)Nc2cnn(CC3CCCO3)c2)cs1. The molecule has 1 fully saturated rings. The van der Waals surface area contributed by atoms with Crippen LogP contribution in [0.4, 0.5) is 5.69 Å². The van der Waals surface area contributed by atoms with Crippen LogP contribution in [0.2, 0.25) is 0 Å². The van der Waals surface area contributed by atoms with Crippen molar-refractivity contribution in [1.29, 1.82) is 0 Å². The molecule has 2 unspecified atom stereocenters. The van der Waals surface area contributed by atoms with E-state index in [1.807, 2.05) is 24.0 Å². The minimum Gasteiger partial charge on any atom is -0.376 e. The smallest absolute Gasteiger partial charge is 0.0898 e. The molecule has 0 aliphatic carbocycles. The molecule has 6 heteroatoms. The average Bonchev–Trinajstić information content (AvgIpc) is 3.13. The molecule has 2 aromatic rings. The zero-order valence-electron chi connectivity index (χ0n) is 11.9. The third-order valence-corrected chi connectivity index (χ3v) is 4.30. The predicted molar refractivity (Wildman–Crippen MR) is 80.1 cm³/mol. The standard InChI is InChI=1S/C14H20N4OS/c1-10(14-9-20-11(2)17-14)16-12-6-15-18(7-12)8-13-4-3-5-19-13/h6-7,9-10,13,16H,3-5,8H2,1-2H3. The Hall–Kier alpha value is -1.40. The number of ether oxygens (including phenoxy) is 1. The fourth-order valence-corrected chi connectivity index (χ4v) is 3.14. The van der Waals surface area contributed by atoms with Crippen LogP contribution >= 0.6 is 11.3 Å². The first-order chi connectivity index (χ1) is 9.70. The molecule has 3 heterocycles. The molecule has 0 spiro atoms. The van der Waals surface area contributed by atoms with Gasteiger partial charge in [-0.3, -0.25) is 4.68 Å². The van der Waals surface area contributed by atoms with Gasteiger partial charge in [0.2, 0.25) is 0 Å². The third kappa shape index (κ3) is 3.19. The third-order valence-electron chi connectivity index (χ3n) is 3.51. The molecule has 0 amide bonds. The van der Waals surface area contributed by atoms with E-state index in [0.717, 1.165) is 42.4 Å². The number of aromatic nitrogens is 3. The number of nitrogens with zero attached hydrogens (tertiary/aromatic N) is 3. The van der Waals surface area contributed by atoms with Crippen LogP contribution in [0.15, 0.2) is 17.8 Å². The highest BCUT2D eigenvalue weighted by Gasteiger charge is 2.16. The highest BCUT2D eigenvalue weighted by Crippen LogP contribution is 2.21. The van der Waals surface area contributed by atoms with Gasteiger partial charge < -0.3 is 10.1 Å². The van der Waals surface area contributed by atoms with E-state index in [4.69, 9.17) is 4.74 Å². The van der Waals surface area contributed by atoms with Gasteiger partial charge in [-0.25, -0.2) is 4.98 Å². The largest absolute Gasteiger partial charge is 0.376 e. The molecule has 0 bridgehead atoms. The van der Waals surface area contributed by atoms with Gasteiger partial charge in [-0.2, -0.15) is 5.10 Å². The summed E-state index contributed by atoms with van der Waals surface area (Å²) < 4.78 is 7.59. The highest BCUT2D eigenvalue weighted by atomic mass is 32.1. The van der Waals surface area contributed by atoms with Crippen molar-refractivity contribution >= 4 is 17.0 Å². The summed E-state index contributed by atoms with van der Waals surface area (Å²) >= 11 is 1.68. The van der Waals surface area contributed by atoms with E-state index < -0.39 is 0 Å². The first-order valence-corrected chi connectivity index (χ1v) is 7.91.